The molecule has 1 aliphatic heterocycles. The first-order valence-corrected chi connectivity index (χ1v) is 6.65. The van der Waals surface area contributed by atoms with Crippen LogP contribution in [0.3, 0.4) is 0 Å². The minimum absolute atomic E-state index is 0.128. The van der Waals surface area contributed by atoms with Crippen LogP contribution in [0.2, 0.25) is 0 Å². The van der Waals surface area contributed by atoms with Crippen LogP contribution in [0.25, 0.3) is 0 Å². The Kier molecular flexibility index (Phi) is 3.51. The summed E-state index contributed by atoms with van der Waals surface area (Å²) in [6.45, 7) is 2.85. The van der Waals surface area contributed by atoms with Crippen molar-refractivity contribution in [3.8, 4) is 0 Å². The number of hydrogen-bond donors (Lipinski definition) is 0. The second-order valence-electron chi connectivity index (χ2n) is 3.93. The van der Waals surface area contributed by atoms with Gasteiger partial charge in [0.2, 0.25) is 0 Å². The standard InChI is InChI=1S/C11H14N2O3S/c1-2-4-12-9(15)8(7-14)10-13(11(12)16)5-3-6-17-10/h7H,2-6H2,1H3. The van der Waals surface area contributed by atoms with Crippen molar-refractivity contribution in [1.82, 2.24) is 9.13 Å². The normalized spacial score (nSPS) is 14.4. The van der Waals surface area contributed by atoms with E-state index >= 15 is 0 Å². The van der Waals surface area contributed by atoms with Gasteiger partial charge in [0.25, 0.3) is 5.56 Å². The number of aldehydes is 1. The molecule has 0 N–H and O–H groups in total. The lowest BCUT2D eigenvalue weighted by Crippen LogP contribution is -2.43. The molecule has 0 aromatic carbocycles. The molecule has 0 aliphatic carbocycles. The molecule has 0 radical (unpaired) electrons. The van der Waals surface area contributed by atoms with E-state index in [0.29, 0.717) is 30.8 Å². The van der Waals surface area contributed by atoms with Crippen molar-refractivity contribution in [3.05, 3.63) is 26.4 Å². The van der Waals surface area contributed by atoms with Gasteiger partial charge >= 0.3 is 5.69 Å². The SMILES string of the molecule is CCCn1c(=O)c(C=O)c2n(c1=O)CCCS2. The molecule has 92 valence electrons. The lowest BCUT2D eigenvalue weighted by molar-refractivity contribution is 0.111. The Bertz CT molecular complexity index is 559. The second-order valence-corrected chi connectivity index (χ2v) is 5.01. The molecule has 0 bridgehead atoms. The molecule has 5 nitrogen and oxygen atoms in total. The van der Waals surface area contributed by atoms with E-state index in [2.05, 4.69) is 0 Å². The molecule has 6 heteroatoms. The summed E-state index contributed by atoms with van der Waals surface area (Å²) in [5.74, 6) is 0.845. The average molecular weight is 254 g/mol. The van der Waals surface area contributed by atoms with Gasteiger partial charge < -0.3 is 0 Å². The minimum Gasteiger partial charge on any atom is -0.298 e. The quantitative estimate of drug-likeness (QED) is 0.589. The van der Waals surface area contributed by atoms with E-state index in [4.69, 9.17) is 0 Å². The highest BCUT2D eigenvalue weighted by Gasteiger charge is 2.20. The first kappa shape index (κ1) is 12.2. The zero-order valence-electron chi connectivity index (χ0n) is 9.64. The Morgan fingerprint density at radius 1 is 1.41 bits per heavy atom. The fraction of sp³-hybridized carbons (Fsp3) is 0.545. The fourth-order valence-corrected chi connectivity index (χ4v) is 3.05. The molecule has 2 rings (SSSR count). The minimum atomic E-state index is -0.451. The number of nitrogens with zero attached hydrogens (tertiary/aromatic N) is 2. The summed E-state index contributed by atoms with van der Waals surface area (Å²) in [7, 11) is 0. The van der Waals surface area contributed by atoms with E-state index in [1.54, 1.807) is 4.57 Å². The molecule has 0 amide bonds. The average Bonchev–Trinajstić information content (AvgIpc) is 2.35. The number of carbonyl (C=O) groups is 1. The van der Waals surface area contributed by atoms with Gasteiger partial charge in [0, 0.05) is 18.8 Å². The van der Waals surface area contributed by atoms with Crippen LogP contribution in [0.5, 0.6) is 0 Å². The van der Waals surface area contributed by atoms with Crippen molar-refractivity contribution in [2.24, 2.45) is 0 Å². The van der Waals surface area contributed by atoms with Gasteiger partial charge in [0.1, 0.15) is 5.56 Å². The molecule has 1 aromatic rings. The van der Waals surface area contributed by atoms with E-state index in [0.717, 1.165) is 12.2 Å². The molecule has 0 saturated carbocycles. The third-order valence-electron chi connectivity index (χ3n) is 2.74. The van der Waals surface area contributed by atoms with Gasteiger partial charge in [-0.05, 0) is 12.8 Å². The topological polar surface area (TPSA) is 61.1 Å². The summed E-state index contributed by atoms with van der Waals surface area (Å²) in [4.78, 5) is 35.1. The summed E-state index contributed by atoms with van der Waals surface area (Å²) in [5.41, 5.74) is -0.611. The van der Waals surface area contributed by atoms with Crippen LogP contribution in [-0.4, -0.2) is 21.2 Å². The highest BCUT2D eigenvalue weighted by Crippen LogP contribution is 2.23. The predicted octanol–water partition coefficient (Wildman–Crippen LogP) is 0.728. The van der Waals surface area contributed by atoms with Gasteiger partial charge in [0.05, 0.1) is 5.03 Å². The van der Waals surface area contributed by atoms with Gasteiger partial charge in [-0.15, -0.1) is 11.8 Å². The highest BCUT2D eigenvalue weighted by molar-refractivity contribution is 7.99. The first-order valence-electron chi connectivity index (χ1n) is 5.66. The van der Waals surface area contributed by atoms with E-state index in [1.165, 1.54) is 16.3 Å². The third kappa shape index (κ3) is 1.97. The summed E-state index contributed by atoms with van der Waals surface area (Å²) < 4.78 is 2.72. The summed E-state index contributed by atoms with van der Waals surface area (Å²) in [5, 5.41) is 0.536. The maximum Gasteiger partial charge on any atom is 0.331 e. The molecule has 1 aliphatic rings. The Labute approximate surface area is 102 Å². The van der Waals surface area contributed by atoms with Gasteiger partial charge in [-0.3, -0.25) is 18.7 Å². The second kappa shape index (κ2) is 4.91. The molecule has 0 saturated heterocycles. The monoisotopic (exact) mass is 254 g/mol. The molecule has 0 fully saturated rings. The van der Waals surface area contributed by atoms with Crippen molar-refractivity contribution in [1.29, 1.82) is 0 Å². The van der Waals surface area contributed by atoms with Crippen molar-refractivity contribution in [2.45, 2.75) is 37.9 Å². The van der Waals surface area contributed by atoms with Crippen LogP contribution < -0.4 is 11.2 Å². The Morgan fingerprint density at radius 3 is 2.82 bits per heavy atom. The van der Waals surface area contributed by atoms with Crippen molar-refractivity contribution < 1.29 is 4.79 Å². The Balaban J connectivity index is 2.77. The third-order valence-corrected chi connectivity index (χ3v) is 3.95. The van der Waals surface area contributed by atoms with Crippen LogP contribution in [0.4, 0.5) is 0 Å². The fourth-order valence-electron chi connectivity index (χ4n) is 1.97. The number of fused-ring (bicyclic) bond motifs is 1. The van der Waals surface area contributed by atoms with Crippen LogP contribution in [-0.2, 0) is 13.1 Å². The summed E-state index contributed by atoms with van der Waals surface area (Å²) in [6.07, 6.45) is 2.15. The molecule has 2 heterocycles. The number of aromatic nitrogens is 2. The van der Waals surface area contributed by atoms with Crippen molar-refractivity contribution >= 4 is 18.0 Å². The lowest BCUT2D eigenvalue weighted by Gasteiger charge is -2.20. The maximum absolute atomic E-state index is 12.1. The van der Waals surface area contributed by atoms with Gasteiger partial charge in [-0.1, -0.05) is 6.92 Å². The number of thioether (sulfide) groups is 1. The van der Waals surface area contributed by atoms with Gasteiger partial charge in [0.15, 0.2) is 6.29 Å². The maximum atomic E-state index is 12.1. The predicted molar refractivity (Wildman–Crippen MR) is 66.0 cm³/mol. The van der Waals surface area contributed by atoms with E-state index in [-0.39, 0.29) is 11.3 Å². The van der Waals surface area contributed by atoms with E-state index in [9.17, 15) is 14.4 Å². The van der Waals surface area contributed by atoms with Gasteiger partial charge in [-0.2, -0.15) is 0 Å². The number of rotatable bonds is 3. The van der Waals surface area contributed by atoms with E-state index < -0.39 is 5.56 Å². The highest BCUT2D eigenvalue weighted by atomic mass is 32.2. The molecular formula is C11H14N2O3S. The first-order chi connectivity index (χ1) is 8.20. The zero-order chi connectivity index (χ0) is 12.4. The molecule has 1 aromatic heterocycles. The molecule has 17 heavy (non-hydrogen) atoms. The van der Waals surface area contributed by atoms with Crippen LogP contribution in [0, 0.1) is 0 Å². The largest absolute Gasteiger partial charge is 0.331 e. The zero-order valence-corrected chi connectivity index (χ0v) is 10.5. The van der Waals surface area contributed by atoms with Crippen LogP contribution >= 0.6 is 11.8 Å². The smallest absolute Gasteiger partial charge is 0.298 e. The van der Waals surface area contributed by atoms with Crippen LogP contribution in [0.1, 0.15) is 30.1 Å². The van der Waals surface area contributed by atoms with Gasteiger partial charge in [-0.25, -0.2) is 4.79 Å². The molecule has 0 unspecified atom stereocenters. The Morgan fingerprint density at radius 2 is 2.18 bits per heavy atom. The summed E-state index contributed by atoms with van der Waals surface area (Å²) >= 11 is 1.41. The lowest BCUT2D eigenvalue weighted by atomic mass is 10.3. The van der Waals surface area contributed by atoms with Crippen molar-refractivity contribution in [3.63, 3.8) is 0 Å². The number of hydrogen-bond acceptors (Lipinski definition) is 4. The Hall–Kier alpha value is -1.30. The molecule has 0 atom stereocenters. The number of carbonyl (C=O) groups excluding carboxylic acids is 1. The molecular weight excluding hydrogens is 240 g/mol. The molecule has 0 spiro atoms. The summed E-state index contributed by atoms with van der Waals surface area (Å²) in [6, 6.07) is 0. The van der Waals surface area contributed by atoms with Crippen molar-refractivity contribution in [2.75, 3.05) is 5.75 Å². The van der Waals surface area contributed by atoms with Crippen LogP contribution in [0.15, 0.2) is 14.6 Å². The van der Waals surface area contributed by atoms with E-state index in [1.807, 2.05) is 6.92 Å².